The zero-order valence-corrected chi connectivity index (χ0v) is 15.3. The van der Waals surface area contributed by atoms with Gasteiger partial charge in [0.15, 0.2) is 0 Å². The van der Waals surface area contributed by atoms with Crippen molar-refractivity contribution in [2.24, 2.45) is 11.8 Å². The molecule has 0 aliphatic heterocycles. The van der Waals surface area contributed by atoms with E-state index in [0.717, 1.165) is 50.7 Å². The van der Waals surface area contributed by atoms with E-state index in [9.17, 15) is 18.0 Å². The number of halogens is 3. The Labute approximate surface area is 162 Å². The number of hydrogen-bond acceptors (Lipinski definition) is 4. The SMILES string of the molecule is N#CC=CC=CCC[C@H]1CC[C@H](C(=O)Oc2ccc(OC(F)(F)F)cc2)CC1. The maximum Gasteiger partial charge on any atom is 0.573 e. The predicted molar refractivity (Wildman–Crippen MR) is 97.3 cm³/mol. The number of ether oxygens (including phenoxy) is 2. The summed E-state index contributed by atoms with van der Waals surface area (Å²) in [7, 11) is 0. The summed E-state index contributed by atoms with van der Waals surface area (Å²) in [6.45, 7) is 0. The van der Waals surface area contributed by atoms with Gasteiger partial charge >= 0.3 is 12.3 Å². The van der Waals surface area contributed by atoms with Crippen molar-refractivity contribution in [3.63, 3.8) is 0 Å². The molecule has 0 unspecified atom stereocenters. The Morgan fingerprint density at radius 1 is 1.11 bits per heavy atom. The highest BCUT2D eigenvalue weighted by atomic mass is 19.4. The minimum Gasteiger partial charge on any atom is -0.426 e. The molecule has 0 N–H and O–H groups in total. The highest BCUT2D eigenvalue weighted by molar-refractivity contribution is 5.75. The van der Waals surface area contributed by atoms with Gasteiger partial charge in [0, 0.05) is 6.08 Å². The summed E-state index contributed by atoms with van der Waals surface area (Å²) in [5.74, 6) is -0.115. The maximum atomic E-state index is 12.3. The fourth-order valence-electron chi connectivity index (χ4n) is 3.20. The van der Waals surface area contributed by atoms with Crippen LogP contribution in [0.3, 0.4) is 0 Å². The molecule has 1 fully saturated rings. The Bertz CT molecular complexity index is 725. The van der Waals surface area contributed by atoms with E-state index in [0.29, 0.717) is 5.92 Å². The van der Waals surface area contributed by atoms with Crippen molar-refractivity contribution in [3.05, 3.63) is 48.6 Å². The quantitative estimate of drug-likeness (QED) is 0.258. The minimum atomic E-state index is -4.75. The van der Waals surface area contributed by atoms with Crippen LogP contribution in [0.4, 0.5) is 13.2 Å². The van der Waals surface area contributed by atoms with E-state index in [1.165, 1.54) is 18.2 Å². The predicted octanol–water partition coefficient (Wildman–Crippen LogP) is 5.71. The minimum absolute atomic E-state index is 0.184. The zero-order valence-electron chi connectivity index (χ0n) is 15.3. The van der Waals surface area contributed by atoms with Crippen LogP contribution in [0.2, 0.25) is 0 Å². The van der Waals surface area contributed by atoms with Gasteiger partial charge in [0.25, 0.3) is 0 Å². The molecule has 150 valence electrons. The lowest BCUT2D eigenvalue weighted by Gasteiger charge is -2.26. The van der Waals surface area contributed by atoms with Crippen LogP contribution in [0.15, 0.2) is 48.6 Å². The third-order valence-electron chi connectivity index (χ3n) is 4.62. The summed E-state index contributed by atoms with van der Waals surface area (Å²) in [4.78, 5) is 12.3. The first-order valence-corrected chi connectivity index (χ1v) is 9.16. The van der Waals surface area contributed by atoms with Gasteiger partial charge in [-0.25, -0.2) is 0 Å². The van der Waals surface area contributed by atoms with E-state index in [2.05, 4.69) is 4.74 Å². The van der Waals surface area contributed by atoms with E-state index in [-0.39, 0.29) is 23.4 Å². The summed E-state index contributed by atoms with van der Waals surface area (Å²) in [6.07, 6.45) is 7.62. The van der Waals surface area contributed by atoms with Crippen molar-refractivity contribution < 1.29 is 27.4 Å². The number of benzene rings is 1. The number of carbonyl (C=O) groups is 1. The second-order valence-corrected chi connectivity index (χ2v) is 6.65. The summed E-state index contributed by atoms with van der Waals surface area (Å²) < 4.78 is 45.5. The highest BCUT2D eigenvalue weighted by Gasteiger charge is 2.31. The number of nitriles is 1. The molecule has 0 atom stereocenters. The molecule has 4 nitrogen and oxygen atoms in total. The van der Waals surface area contributed by atoms with Crippen LogP contribution in [0, 0.1) is 23.2 Å². The smallest absolute Gasteiger partial charge is 0.426 e. The molecule has 1 aromatic carbocycles. The molecule has 0 spiro atoms. The van der Waals surface area contributed by atoms with Gasteiger partial charge in [-0.3, -0.25) is 4.79 Å². The molecule has 1 aliphatic rings. The molecule has 28 heavy (non-hydrogen) atoms. The van der Waals surface area contributed by atoms with E-state index in [1.807, 2.05) is 18.2 Å². The molecule has 0 amide bonds. The topological polar surface area (TPSA) is 59.3 Å². The summed E-state index contributed by atoms with van der Waals surface area (Å²) in [5, 5.41) is 8.39. The van der Waals surface area contributed by atoms with Gasteiger partial charge in [-0.05, 0) is 68.7 Å². The van der Waals surface area contributed by atoms with Crippen LogP contribution in [0.25, 0.3) is 0 Å². The average molecular weight is 393 g/mol. The normalized spacial score (nSPS) is 20.2. The molecule has 0 radical (unpaired) electrons. The third-order valence-corrected chi connectivity index (χ3v) is 4.62. The summed E-state index contributed by atoms with van der Waals surface area (Å²) in [5.41, 5.74) is 0. The lowest BCUT2D eigenvalue weighted by atomic mass is 9.80. The van der Waals surface area contributed by atoms with Crippen LogP contribution in [-0.4, -0.2) is 12.3 Å². The lowest BCUT2D eigenvalue weighted by molar-refractivity contribution is -0.274. The van der Waals surface area contributed by atoms with Gasteiger partial charge in [0.05, 0.1) is 12.0 Å². The van der Waals surface area contributed by atoms with E-state index in [4.69, 9.17) is 10.00 Å². The Balaban J connectivity index is 1.72. The Morgan fingerprint density at radius 2 is 1.75 bits per heavy atom. The molecule has 0 saturated heterocycles. The number of carbonyl (C=O) groups excluding carboxylic acids is 1. The van der Waals surface area contributed by atoms with E-state index in [1.54, 1.807) is 6.08 Å². The van der Waals surface area contributed by atoms with Gasteiger partial charge in [0.1, 0.15) is 11.5 Å². The van der Waals surface area contributed by atoms with Crippen molar-refractivity contribution in [3.8, 4) is 17.6 Å². The molecule has 0 heterocycles. The molecular formula is C21H22F3NO3. The zero-order chi connectivity index (χ0) is 20.4. The number of alkyl halides is 3. The van der Waals surface area contributed by atoms with Crippen LogP contribution in [0.1, 0.15) is 38.5 Å². The fraction of sp³-hybridized carbons (Fsp3) is 0.429. The average Bonchev–Trinajstić information content (AvgIpc) is 2.65. The van der Waals surface area contributed by atoms with Crippen LogP contribution in [0.5, 0.6) is 11.5 Å². The fourth-order valence-corrected chi connectivity index (χ4v) is 3.20. The maximum absolute atomic E-state index is 12.3. The van der Waals surface area contributed by atoms with Gasteiger partial charge in [-0.1, -0.05) is 18.2 Å². The van der Waals surface area contributed by atoms with E-state index < -0.39 is 6.36 Å². The van der Waals surface area contributed by atoms with Crippen molar-refractivity contribution in [2.45, 2.75) is 44.9 Å². The van der Waals surface area contributed by atoms with Crippen LogP contribution >= 0.6 is 0 Å². The Morgan fingerprint density at radius 3 is 2.36 bits per heavy atom. The summed E-state index contributed by atoms with van der Waals surface area (Å²) in [6, 6.07) is 6.74. The molecular weight excluding hydrogens is 371 g/mol. The molecule has 7 heteroatoms. The molecule has 1 aromatic rings. The molecule has 0 aromatic heterocycles. The molecule has 1 aliphatic carbocycles. The number of esters is 1. The van der Waals surface area contributed by atoms with Crippen molar-refractivity contribution >= 4 is 5.97 Å². The largest absolute Gasteiger partial charge is 0.573 e. The standard InChI is InChI=1S/C21H22F3NO3/c22-21(23,24)28-19-13-11-18(12-14-19)27-20(26)17-9-7-16(8-10-17)6-4-2-1-3-5-15-25/h1-3,5,11-14,16-17H,4,6-10H2/t16-,17-. The first kappa shape index (κ1) is 21.5. The highest BCUT2D eigenvalue weighted by Crippen LogP contribution is 2.33. The monoisotopic (exact) mass is 393 g/mol. The summed E-state index contributed by atoms with van der Waals surface area (Å²) >= 11 is 0. The third kappa shape index (κ3) is 7.87. The van der Waals surface area contributed by atoms with Crippen molar-refractivity contribution in [1.82, 2.24) is 0 Å². The van der Waals surface area contributed by atoms with Crippen molar-refractivity contribution in [2.75, 3.05) is 0 Å². The second kappa shape index (κ2) is 10.5. The molecule has 0 bridgehead atoms. The number of nitrogens with zero attached hydrogens (tertiary/aromatic N) is 1. The van der Waals surface area contributed by atoms with Crippen LogP contribution < -0.4 is 9.47 Å². The van der Waals surface area contributed by atoms with Gasteiger partial charge in [0.2, 0.25) is 0 Å². The number of rotatable bonds is 7. The molecule has 2 rings (SSSR count). The van der Waals surface area contributed by atoms with Crippen LogP contribution in [-0.2, 0) is 4.79 Å². The van der Waals surface area contributed by atoms with Gasteiger partial charge < -0.3 is 9.47 Å². The van der Waals surface area contributed by atoms with Gasteiger partial charge in [-0.15, -0.1) is 13.2 Å². The first-order valence-electron chi connectivity index (χ1n) is 9.16. The molecule has 1 saturated carbocycles. The number of allylic oxidation sites excluding steroid dienone is 4. The Kier molecular flexibility index (Phi) is 8.12. The first-order chi connectivity index (χ1) is 13.4. The lowest BCUT2D eigenvalue weighted by Crippen LogP contribution is -2.25. The second-order valence-electron chi connectivity index (χ2n) is 6.65. The van der Waals surface area contributed by atoms with Crippen molar-refractivity contribution in [1.29, 1.82) is 5.26 Å². The Hall–Kier alpha value is -2.75. The van der Waals surface area contributed by atoms with Gasteiger partial charge in [-0.2, -0.15) is 5.26 Å². The number of hydrogen-bond donors (Lipinski definition) is 0. The van der Waals surface area contributed by atoms with E-state index >= 15 is 0 Å².